The van der Waals surface area contributed by atoms with Crippen molar-refractivity contribution in [1.82, 2.24) is 0 Å². The first kappa shape index (κ1) is 30.3. The van der Waals surface area contributed by atoms with E-state index >= 15 is 17.6 Å². The summed E-state index contributed by atoms with van der Waals surface area (Å²) in [7, 11) is 0. The van der Waals surface area contributed by atoms with Gasteiger partial charge < -0.3 is 9.32 Å². The van der Waals surface area contributed by atoms with Crippen LogP contribution in [0.15, 0.2) is 141 Å². The molecular formula is C40H22BrF4NOS. The Morgan fingerprint density at radius 3 is 1.92 bits per heavy atom. The van der Waals surface area contributed by atoms with Crippen molar-refractivity contribution in [2.24, 2.45) is 0 Å². The van der Waals surface area contributed by atoms with E-state index in [9.17, 15) is 0 Å². The third-order valence-electron chi connectivity index (χ3n) is 8.55. The van der Waals surface area contributed by atoms with Gasteiger partial charge in [0.25, 0.3) is 0 Å². The molecule has 8 heteroatoms. The molecule has 48 heavy (non-hydrogen) atoms. The van der Waals surface area contributed by atoms with Crippen molar-refractivity contribution in [3.8, 4) is 22.3 Å². The molecule has 0 aliphatic carbocycles. The lowest BCUT2D eigenvalue weighted by molar-refractivity contribution is 0.461. The largest absolute Gasteiger partial charge is 0.454 e. The molecule has 0 saturated carbocycles. The zero-order chi connectivity index (χ0) is 33.1. The van der Waals surface area contributed by atoms with Gasteiger partial charge in [0.2, 0.25) is 0 Å². The van der Waals surface area contributed by atoms with E-state index < -0.39 is 34.5 Å². The second-order valence-corrected chi connectivity index (χ2v) is 12.6. The standard InChI is InChI=1S/C40H22BrF4NOS/c41-30-20-19-25(24-11-4-5-12-26(24)30)28-18-17-22(21-33(28)48)34-35(42)37(44)39(38(45)36(34)43)46(23-9-2-1-3-10-23)31-15-8-14-29-27-13-6-7-16-32(27)47-40(29)31/h1-21,48H. The van der Waals surface area contributed by atoms with Crippen LogP contribution in [0.1, 0.15) is 0 Å². The summed E-state index contributed by atoms with van der Waals surface area (Å²) < 4.78 is 72.3. The minimum atomic E-state index is -1.55. The first-order valence-corrected chi connectivity index (χ1v) is 16.2. The van der Waals surface area contributed by atoms with Gasteiger partial charge in [-0.3, -0.25) is 0 Å². The lowest BCUT2D eigenvalue weighted by atomic mass is 9.95. The smallest absolute Gasteiger partial charge is 0.186 e. The van der Waals surface area contributed by atoms with Gasteiger partial charge in [-0.25, -0.2) is 17.6 Å². The van der Waals surface area contributed by atoms with Crippen molar-refractivity contribution in [3.05, 3.63) is 155 Å². The molecule has 0 aliphatic rings. The molecule has 7 aromatic carbocycles. The van der Waals surface area contributed by atoms with Gasteiger partial charge in [-0.05, 0) is 63.9 Å². The molecule has 1 aromatic heterocycles. The van der Waals surface area contributed by atoms with Gasteiger partial charge >= 0.3 is 0 Å². The van der Waals surface area contributed by atoms with Gasteiger partial charge in [0.05, 0.1) is 11.3 Å². The Balaban J connectivity index is 1.31. The molecule has 0 unspecified atom stereocenters. The predicted octanol–water partition coefficient (Wildman–Crippen LogP) is 13.2. The fourth-order valence-corrected chi connectivity index (χ4v) is 7.17. The Hall–Kier alpha value is -5.05. The summed E-state index contributed by atoms with van der Waals surface area (Å²) in [6, 6.07) is 36.8. The van der Waals surface area contributed by atoms with Crippen LogP contribution in [-0.4, -0.2) is 0 Å². The summed E-state index contributed by atoms with van der Waals surface area (Å²) >= 11 is 8.22. The molecule has 0 bridgehead atoms. The molecule has 1 heterocycles. The minimum Gasteiger partial charge on any atom is -0.454 e. The lowest BCUT2D eigenvalue weighted by Gasteiger charge is -2.27. The van der Waals surface area contributed by atoms with Gasteiger partial charge in [0, 0.05) is 25.8 Å². The van der Waals surface area contributed by atoms with E-state index in [0.717, 1.165) is 31.1 Å². The zero-order valence-electron chi connectivity index (χ0n) is 24.8. The van der Waals surface area contributed by atoms with Crippen LogP contribution in [-0.2, 0) is 0 Å². The number of nitrogens with zero attached hydrogens (tertiary/aromatic N) is 1. The molecule has 0 amide bonds. The van der Waals surface area contributed by atoms with Gasteiger partial charge in [-0.15, -0.1) is 12.6 Å². The third kappa shape index (κ3) is 4.78. The maximum atomic E-state index is 16.4. The second-order valence-electron chi connectivity index (χ2n) is 11.3. The van der Waals surface area contributed by atoms with Crippen molar-refractivity contribution in [2.75, 3.05) is 4.90 Å². The van der Waals surface area contributed by atoms with Crippen molar-refractivity contribution in [3.63, 3.8) is 0 Å². The molecule has 0 N–H and O–H groups in total. The number of thiol groups is 1. The first-order valence-electron chi connectivity index (χ1n) is 15.0. The normalized spacial score (nSPS) is 11.5. The first-order chi connectivity index (χ1) is 23.3. The van der Waals surface area contributed by atoms with Gasteiger partial charge in [0.15, 0.2) is 28.9 Å². The molecule has 0 saturated heterocycles. The summed E-state index contributed by atoms with van der Waals surface area (Å²) in [6.07, 6.45) is 0. The lowest BCUT2D eigenvalue weighted by Crippen LogP contribution is -2.16. The maximum Gasteiger partial charge on any atom is 0.186 e. The van der Waals surface area contributed by atoms with Crippen LogP contribution in [0.3, 0.4) is 0 Å². The Labute approximate surface area is 286 Å². The monoisotopic (exact) mass is 719 g/mol. The van der Waals surface area contributed by atoms with Crippen LogP contribution in [0, 0.1) is 23.3 Å². The Kier molecular flexibility index (Phi) is 7.50. The Morgan fingerprint density at radius 1 is 0.562 bits per heavy atom. The maximum absolute atomic E-state index is 16.4. The molecular weight excluding hydrogens is 698 g/mol. The molecule has 234 valence electrons. The highest BCUT2D eigenvalue weighted by molar-refractivity contribution is 9.10. The number of halogens is 5. The number of furan rings is 1. The van der Waals surface area contributed by atoms with Crippen molar-refractivity contribution < 1.29 is 22.0 Å². The zero-order valence-corrected chi connectivity index (χ0v) is 27.3. The van der Waals surface area contributed by atoms with Crippen molar-refractivity contribution in [1.29, 1.82) is 0 Å². The highest BCUT2D eigenvalue weighted by Gasteiger charge is 2.32. The van der Waals surface area contributed by atoms with Crippen molar-refractivity contribution in [2.45, 2.75) is 4.90 Å². The number of rotatable bonds is 5. The van der Waals surface area contributed by atoms with Crippen LogP contribution in [0.4, 0.5) is 34.6 Å². The van der Waals surface area contributed by atoms with E-state index in [1.54, 1.807) is 54.6 Å². The molecule has 2 nitrogen and oxygen atoms in total. The van der Waals surface area contributed by atoms with E-state index in [1.165, 1.54) is 12.1 Å². The predicted molar refractivity (Wildman–Crippen MR) is 192 cm³/mol. The quantitative estimate of drug-likeness (QED) is 0.108. The van der Waals surface area contributed by atoms with Crippen LogP contribution in [0.2, 0.25) is 0 Å². The Morgan fingerprint density at radius 2 is 1.19 bits per heavy atom. The summed E-state index contributed by atoms with van der Waals surface area (Å²) in [5, 5.41) is 3.39. The molecule has 8 rings (SSSR count). The van der Waals surface area contributed by atoms with E-state index in [0.29, 0.717) is 27.0 Å². The van der Waals surface area contributed by atoms with Crippen LogP contribution >= 0.6 is 28.6 Å². The van der Waals surface area contributed by atoms with E-state index in [-0.39, 0.29) is 16.9 Å². The topological polar surface area (TPSA) is 16.4 Å². The van der Waals surface area contributed by atoms with Gasteiger partial charge in [-0.1, -0.05) is 107 Å². The van der Waals surface area contributed by atoms with E-state index in [2.05, 4.69) is 28.6 Å². The summed E-state index contributed by atoms with van der Waals surface area (Å²) in [5.74, 6) is -6.17. The number of fused-ring (bicyclic) bond motifs is 4. The van der Waals surface area contributed by atoms with Gasteiger partial charge in [0.1, 0.15) is 11.3 Å². The SMILES string of the molecule is Fc1c(F)c(N(c2ccccc2)c2cccc3c2oc2ccccc23)c(F)c(F)c1-c1ccc(-c2ccc(Br)c3ccccc23)c(S)c1. The number of hydrogen-bond donors (Lipinski definition) is 1. The average molecular weight is 721 g/mol. The molecule has 0 radical (unpaired) electrons. The van der Waals surface area contributed by atoms with Gasteiger partial charge in [-0.2, -0.15) is 0 Å². The van der Waals surface area contributed by atoms with Crippen LogP contribution < -0.4 is 4.90 Å². The summed E-state index contributed by atoms with van der Waals surface area (Å²) in [4.78, 5) is 1.53. The summed E-state index contributed by atoms with van der Waals surface area (Å²) in [5.41, 5.74) is 1.10. The summed E-state index contributed by atoms with van der Waals surface area (Å²) in [6.45, 7) is 0. The number of hydrogen-bond acceptors (Lipinski definition) is 3. The number of para-hydroxylation sites is 3. The highest BCUT2D eigenvalue weighted by atomic mass is 79.9. The molecule has 0 fully saturated rings. The van der Waals surface area contributed by atoms with Crippen molar-refractivity contribution >= 4 is 78.3 Å². The molecule has 8 aromatic rings. The van der Waals surface area contributed by atoms with E-state index in [4.69, 9.17) is 4.42 Å². The van der Waals surface area contributed by atoms with E-state index in [1.807, 2.05) is 60.7 Å². The fraction of sp³-hybridized carbons (Fsp3) is 0. The fourth-order valence-electron chi connectivity index (χ4n) is 6.36. The molecule has 0 spiro atoms. The third-order valence-corrected chi connectivity index (χ3v) is 9.61. The number of benzene rings is 7. The van der Waals surface area contributed by atoms with Crippen LogP contribution in [0.25, 0.3) is 55.0 Å². The number of anilines is 3. The average Bonchev–Trinajstić information content (AvgIpc) is 3.50. The second kappa shape index (κ2) is 11.9. The molecule has 0 atom stereocenters. The van der Waals surface area contributed by atoms with Crippen LogP contribution in [0.5, 0.6) is 0 Å². The Bertz CT molecular complexity index is 2520. The highest BCUT2D eigenvalue weighted by Crippen LogP contribution is 2.47. The minimum absolute atomic E-state index is 0.0600. The molecule has 0 aliphatic heterocycles.